The molecule has 0 spiro atoms. The van der Waals surface area contributed by atoms with Gasteiger partial charge in [0.2, 0.25) is 5.91 Å². The number of aromatic amines is 1. The molecule has 2 aromatic carbocycles. The lowest BCUT2D eigenvalue weighted by Gasteiger charge is -2.22. The molecule has 1 amide bonds. The molecule has 6 heteroatoms. The minimum atomic E-state index is -0.180. The lowest BCUT2D eigenvalue weighted by atomic mass is 10.1. The predicted octanol–water partition coefficient (Wildman–Crippen LogP) is 3.53. The zero-order chi connectivity index (χ0) is 20.8. The Balaban J connectivity index is 1.82. The van der Waals surface area contributed by atoms with Gasteiger partial charge >= 0.3 is 0 Å². The van der Waals surface area contributed by atoms with Crippen molar-refractivity contribution in [3.63, 3.8) is 0 Å². The Labute approximate surface area is 170 Å². The van der Waals surface area contributed by atoms with Crippen molar-refractivity contribution in [2.45, 2.75) is 26.3 Å². The number of rotatable bonds is 8. The fourth-order valence-electron chi connectivity index (χ4n) is 3.27. The first-order chi connectivity index (χ1) is 14.0. The average Bonchev–Trinajstić information content (AvgIpc) is 2.74. The van der Waals surface area contributed by atoms with E-state index in [1.165, 1.54) is 0 Å². The second-order valence-electron chi connectivity index (χ2n) is 6.92. The lowest BCUT2D eigenvalue weighted by Crippen LogP contribution is -2.34. The molecule has 152 valence electrons. The number of benzene rings is 2. The monoisotopic (exact) mass is 394 g/mol. The Morgan fingerprint density at radius 1 is 1.00 bits per heavy atom. The number of carbonyl (C=O) groups is 1. The summed E-state index contributed by atoms with van der Waals surface area (Å²) < 4.78 is 10.4. The molecule has 0 radical (unpaired) electrons. The number of nitrogens with one attached hydrogen (secondary N) is 1. The topological polar surface area (TPSA) is 71.6 Å². The summed E-state index contributed by atoms with van der Waals surface area (Å²) in [5, 5.41) is 0.873. The number of aromatic nitrogens is 1. The van der Waals surface area contributed by atoms with Crippen molar-refractivity contribution in [1.82, 2.24) is 9.88 Å². The van der Waals surface area contributed by atoms with E-state index in [0.29, 0.717) is 12.1 Å². The summed E-state index contributed by atoms with van der Waals surface area (Å²) in [7, 11) is 3.22. The van der Waals surface area contributed by atoms with Gasteiger partial charge in [-0.25, -0.2) is 0 Å². The van der Waals surface area contributed by atoms with Crippen molar-refractivity contribution in [1.29, 1.82) is 0 Å². The highest BCUT2D eigenvalue weighted by molar-refractivity contribution is 5.81. The lowest BCUT2D eigenvalue weighted by molar-refractivity contribution is -0.131. The Hall–Kier alpha value is -3.28. The fourth-order valence-corrected chi connectivity index (χ4v) is 3.27. The molecular weight excluding hydrogens is 368 g/mol. The molecule has 0 fully saturated rings. The second-order valence-corrected chi connectivity index (χ2v) is 6.92. The van der Waals surface area contributed by atoms with Gasteiger partial charge in [0.1, 0.15) is 11.5 Å². The number of methoxy groups -OCH3 is 2. The molecule has 29 heavy (non-hydrogen) atoms. The number of hydrogen-bond donors (Lipinski definition) is 1. The number of pyridine rings is 1. The summed E-state index contributed by atoms with van der Waals surface area (Å²) >= 11 is 0. The third-order valence-corrected chi connectivity index (χ3v) is 4.85. The van der Waals surface area contributed by atoms with Gasteiger partial charge in [0, 0.05) is 23.0 Å². The molecule has 0 aliphatic rings. The fraction of sp³-hybridized carbons (Fsp3) is 0.304. The van der Waals surface area contributed by atoms with Gasteiger partial charge in [0.25, 0.3) is 5.56 Å². The standard InChI is InChI=1S/C23H26N2O4/c1-4-11-25(22(26)12-16-5-7-19(28-2)8-6-16)15-18-13-17-14-20(29-3)9-10-21(17)24-23(18)27/h5-10,13-14H,4,11-12,15H2,1-3H3,(H,24,27). The van der Waals surface area contributed by atoms with Crippen LogP contribution in [0.3, 0.4) is 0 Å². The highest BCUT2D eigenvalue weighted by Gasteiger charge is 2.16. The van der Waals surface area contributed by atoms with E-state index in [1.54, 1.807) is 25.2 Å². The summed E-state index contributed by atoms with van der Waals surface area (Å²) in [5.74, 6) is 1.46. The van der Waals surface area contributed by atoms with Crippen molar-refractivity contribution >= 4 is 16.8 Å². The Morgan fingerprint density at radius 3 is 2.34 bits per heavy atom. The summed E-state index contributed by atoms with van der Waals surface area (Å²) in [5.41, 5.74) is 2.03. The number of fused-ring (bicyclic) bond motifs is 1. The zero-order valence-electron chi connectivity index (χ0n) is 17.0. The molecule has 0 unspecified atom stereocenters. The zero-order valence-corrected chi connectivity index (χ0v) is 17.0. The van der Waals surface area contributed by atoms with E-state index in [0.717, 1.165) is 34.4 Å². The van der Waals surface area contributed by atoms with Crippen LogP contribution < -0.4 is 15.0 Å². The smallest absolute Gasteiger partial charge is 0.253 e. The number of amides is 1. The van der Waals surface area contributed by atoms with Crippen molar-refractivity contribution in [3.8, 4) is 11.5 Å². The maximum atomic E-state index is 12.9. The van der Waals surface area contributed by atoms with Crippen molar-refractivity contribution in [2.24, 2.45) is 0 Å². The van der Waals surface area contributed by atoms with Gasteiger partial charge in [-0.15, -0.1) is 0 Å². The molecule has 0 saturated heterocycles. The molecule has 0 atom stereocenters. The van der Waals surface area contributed by atoms with E-state index >= 15 is 0 Å². The van der Waals surface area contributed by atoms with Crippen LogP contribution in [0.5, 0.6) is 11.5 Å². The normalized spacial score (nSPS) is 10.7. The number of nitrogens with zero attached hydrogens (tertiary/aromatic N) is 1. The molecule has 6 nitrogen and oxygen atoms in total. The number of carbonyl (C=O) groups excluding carboxylic acids is 1. The maximum absolute atomic E-state index is 12.9. The van der Waals surface area contributed by atoms with Gasteiger partial charge < -0.3 is 19.4 Å². The second kappa shape index (κ2) is 9.28. The van der Waals surface area contributed by atoms with E-state index in [2.05, 4.69) is 4.98 Å². The van der Waals surface area contributed by atoms with E-state index in [9.17, 15) is 9.59 Å². The van der Waals surface area contributed by atoms with Crippen LogP contribution >= 0.6 is 0 Å². The summed E-state index contributed by atoms with van der Waals surface area (Å²) in [6.45, 7) is 2.87. The number of ether oxygens (including phenoxy) is 2. The van der Waals surface area contributed by atoms with Crippen molar-refractivity contribution in [2.75, 3.05) is 20.8 Å². The quantitative estimate of drug-likeness (QED) is 0.634. The summed E-state index contributed by atoms with van der Waals surface area (Å²) in [6, 6.07) is 14.8. The largest absolute Gasteiger partial charge is 0.497 e. The molecular formula is C23H26N2O4. The van der Waals surface area contributed by atoms with Gasteiger partial charge in [-0.05, 0) is 48.4 Å². The van der Waals surface area contributed by atoms with E-state index in [1.807, 2.05) is 49.4 Å². The Bertz CT molecular complexity index is 1040. The molecule has 0 aliphatic heterocycles. The summed E-state index contributed by atoms with van der Waals surface area (Å²) in [4.78, 5) is 30.1. The maximum Gasteiger partial charge on any atom is 0.253 e. The average molecular weight is 394 g/mol. The van der Waals surface area contributed by atoms with Gasteiger partial charge in [0.15, 0.2) is 0 Å². The first-order valence-electron chi connectivity index (χ1n) is 9.64. The molecule has 0 aliphatic carbocycles. The van der Waals surface area contributed by atoms with Crippen LogP contribution in [0.1, 0.15) is 24.5 Å². The SMILES string of the molecule is CCCN(Cc1cc2cc(OC)ccc2[nH]c1=O)C(=O)Cc1ccc(OC)cc1. The Morgan fingerprint density at radius 2 is 1.69 bits per heavy atom. The number of H-pyrrole nitrogens is 1. The van der Waals surface area contributed by atoms with Crippen LogP contribution in [0.4, 0.5) is 0 Å². The first-order valence-corrected chi connectivity index (χ1v) is 9.64. The van der Waals surface area contributed by atoms with Crippen molar-refractivity contribution in [3.05, 3.63) is 70.0 Å². The van der Waals surface area contributed by atoms with E-state index in [4.69, 9.17) is 9.47 Å². The molecule has 3 rings (SSSR count). The molecule has 1 heterocycles. The van der Waals surface area contributed by atoms with Gasteiger partial charge in [-0.1, -0.05) is 19.1 Å². The highest BCUT2D eigenvalue weighted by Crippen LogP contribution is 2.19. The Kier molecular flexibility index (Phi) is 6.54. The van der Waals surface area contributed by atoms with E-state index in [-0.39, 0.29) is 24.4 Å². The minimum Gasteiger partial charge on any atom is -0.497 e. The third kappa shape index (κ3) is 4.96. The predicted molar refractivity (Wildman–Crippen MR) is 114 cm³/mol. The van der Waals surface area contributed by atoms with Crippen LogP contribution in [0.2, 0.25) is 0 Å². The third-order valence-electron chi connectivity index (χ3n) is 4.85. The van der Waals surface area contributed by atoms with Crippen LogP contribution in [-0.2, 0) is 17.8 Å². The van der Waals surface area contributed by atoms with Gasteiger partial charge in [0.05, 0.1) is 27.2 Å². The van der Waals surface area contributed by atoms with Crippen LogP contribution in [0.15, 0.2) is 53.3 Å². The number of hydrogen-bond acceptors (Lipinski definition) is 4. The van der Waals surface area contributed by atoms with Crippen molar-refractivity contribution < 1.29 is 14.3 Å². The highest BCUT2D eigenvalue weighted by atomic mass is 16.5. The molecule has 1 aromatic heterocycles. The minimum absolute atomic E-state index is 0.0119. The van der Waals surface area contributed by atoms with Crippen LogP contribution in [-0.4, -0.2) is 36.6 Å². The molecule has 0 saturated carbocycles. The molecule has 0 bridgehead atoms. The van der Waals surface area contributed by atoms with Crippen LogP contribution in [0.25, 0.3) is 10.9 Å². The van der Waals surface area contributed by atoms with Gasteiger partial charge in [-0.3, -0.25) is 9.59 Å². The molecule has 3 aromatic rings. The van der Waals surface area contributed by atoms with E-state index < -0.39 is 0 Å². The van der Waals surface area contributed by atoms with Crippen LogP contribution in [0, 0.1) is 0 Å². The first kappa shape index (κ1) is 20.5. The van der Waals surface area contributed by atoms with Gasteiger partial charge in [-0.2, -0.15) is 0 Å². The molecule has 1 N–H and O–H groups in total. The summed E-state index contributed by atoms with van der Waals surface area (Å²) in [6.07, 6.45) is 1.09.